The molecule has 1 fully saturated rings. The number of carbonyl (C=O) groups excluding carboxylic acids is 2. The first-order valence-electron chi connectivity index (χ1n) is 11.6. The van der Waals surface area contributed by atoms with Gasteiger partial charge < -0.3 is 18.9 Å². The molecule has 33 heavy (non-hydrogen) atoms. The fourth-order valence-electron chi connectivity index (χ4n) is 4.04. The molecular formula is C26H32N4O3. The molecule has 0 saturated carbocycles. The van der Waals surface area contributed by atoms with Crippen LogP contribution in [-0.4, -0.2) is 57.2 Å². The van der Waals surface area contributed by atoms with Crippen LogP contribution in [0.4, 0.5) is 0 Å². The summed E-state index contributed by atoms with van der Waals surface area (Å²) in [7, 11) is 0. The Morgan fingerprint density at radius 3 is 2.39 bits per heavy atom. The van der Waals surface area contributed by atoms with E-state index < -0.39 is 0 Å². The van der Waals surface area contributed by atoms with Crippen LogP contribution in [0.15, 0.2) is 48.8 Å². The third kappa shape index (κ3) is 5.53. The number of pyridine rings is 1. The summed E-state index contributed by atoms with van der Waals surface area (Å²) in [5.41, 5.74) is 3.53. The van der Waals surface area contributed by atoms with Gasteiger partial charge in [-0.3, -0.25) is 9.59 Å². The minimum Gasteiger partial charge on any atom is -0.487 e. The number of amides is 2. The van der Waals surface area contributed by atoms with E-state index in [0.717, 1.165) is 23.3 Å². The van der Waals surface area contributed by atoms with Gasteiger partial charge in [0, 0.05) is 50.6 Å². The fourth-order valence-corrected chi connectivity index (χ4v) is 4.04. The normalized spacial score (nSPS) is 14.2. The van der Waals surface area contributed by atoms with Gasteiger partial charge in [0.05, 0.1) is 5.69 Å². The Kier molecular flexibility index (Phi) is 6.96. The lowest BCUT2D eigenvalue weighted by molar-refractivity contribution is -0.132. The van der Waals surface area contributed by atoms with Crippen LogP contribution in [0.25, 0.3) is 5.65 Å². The molecule has 7 heteroatoms. The highest BCUT2D eigenvalue weighted by atomic mass is 16.5. The summed E-state index contributed by atoms with van der Waals surface area (Å²) in [6.07, 6.45) is 5.43. The summed E-state index contributed by atoms with van der Waals surface area (Å²) in [6.45, 7) is 8.98. The fraction of sp³-hybridized carbons (Fsp3) is 0.423. The largest absolute Gasteiger partial charge is 0.487 e. The van der Waals surface area contributed by atoms with Gasteiger partial charge in [-0.2, -0.15) is 0 Å². The van der Waals surface area contributed by atoms with Crippen LogP contribution < -0.4 is 4.74 Å². The Morgan fingerprint density at radius 2 is 1.73 bits per heavy atom. The second-order valence-electron chi connectivity index (χ2n) is 9.07. The van der Waals surface area contributed by atoms with E-state index in [4.69, 9.17) is 4.74 Å². The van der Waals surface area contributed by atoms with Crippen LogP contribution in [0.5, 0.6) is 5.75 Å². The van der Waals surface area contributed by atoms with E-state index in [1.54, 1.807) is 12.1 Å². The second kappa shape index (κ2) is 10.1. The molecule has 0 N–H and O–H groups in total. The molecule has 1 aliphatic heterocycles. The summed E-state index contributed by atoms with van der Waals surface area (Å²) < 4.78 is 7.87. The SMILES string of the molecule is Cc1cccn2cc(COc3ccc(C(=O)N4CCN(C(=O)CCC(C)C)CC4)cc3)nc12. The van der Waals surface area contributed by atoms with Gasteiger partial charge in [-0.1, -0.05) is 19.9 Å². The first-order chi connectivity index (χ1) is 15.9. The summed E-state index contributed by atoms with van der Waals surface area (Å²) in [6, 6.07) is 11.3. The van der Waals surface area contributed by atoms with Crippen molar-refractivity contribution < 1.29 is 14.3 Å². The lowest BCUT2D eigenvalue weighted by Gasteiger charge is -2.35. The van der Waals surface area contributed by atoms with E-state index in [-0.39, 0.29) is 11.8 Å². The number of carbonyl (C=O) groups is 2. The maximum atomic E-state index is 12.9. The molecule has 2 amide bonds. The number of piperazine rings is 1. The van der Waals surface area contributed by atoms with Crippen LogP contribution in [-0.2, 0) is 11.4 Å². The van der Waals surface area contributed by atoms with Gasteiger partial charge in [0.15, 0.2) is 0 Å². The van der Waals surface area contributed by atoms with E-state index in [1.807, 2.05) is 57.8 Å². The van der Waals surface area contributed by atoms with Crippen molar-refractivity contribution in [2.24, 2.45) is 5.92 Å². The zero-order valence-electron chi connectivity index (χ0n) is 19.7. The Labute approximate surface area is 195 Å². The van der Waals surface area contributed by atoms with Crippen molar-refractivity contribution in [1.29, 1.82) is 0 Å². The van der Waals surface area contributed by atoms with Gasteiger partial charge in [0.2, 0.25) is 5.91 Å². The Balaban J connectivity index is 1.28. The topological polar surface area (TPSA) is 67.2 Å². The van der Waals surface area contributed by atoms with E-state index in [0.29, 0.717) is 56.4 Å². The van der Waals surface area contributed by atoms with Crippen LogP contribution >= 0.6 is 0 Å². The van der Waals surface area contributed by atoms with E-state index in [1.165, 1.54) is 0 Å². The number of ether oxygens (including phenoxy) is 1. The van der Waals surface area contributed by atoms with Gasteiger partial charge >= 0.3 is 0 Å². The minimum absolute atomic E-state index is 0.00773. The average molecular weight is 449 g/mol. The maximum absolute atomic E-state index is 12.9. The van der Waals surface area contributed by atoms with Crippen LogP contribution in [0, 0.1) is 12.8 Å². The number of rotatable bonds is 7. The van der Waals surface area contributed by atoms with Crippen LogP contribution in [0.3, 0.4) is 0 Å². The van der Waals surface area contributed by atoms with Crippen molar-refractivity contribution in [3.63, 3.8) is 0 Å². The highest BCUT2D eigenvalue weighted by Gasteiger charge is 2.24. The molecule has 1 aromatic carbocycles. The lowest BCUT2D eigenvalue weighted by atomic mass is 10.1. The highest BCUT2D eigenvalue weighted by Crippen LogP contribution is 2.18. The Bertz CT molecular complexity index is 1110. The molecule has 0 atom stereocenters. The van der Waals surface area contributed by atoms with Crippen molar-refractivity contribution in [2.45, 2.75) is 40.2 Å². The zero-order chi connectivity index (χ0) is 23.4. The van der Waals surface area contributed by atoms with Gasteiger partial charge in [0.25, 0.3) is 5.91 Å². The summed E-state index contributed by atoms with van der Waals surface area (Å²) >= 11 is 0. The number of imidazole rings is 1. The summed E-state index contributed by atoms with van der Waals surface area (Å²) in [5.74, 6) is 1.40. The summed E-state index contributed by atoms with van der Waals surface area (Å²) in [5, 5.41) is 0. The van der Waals surface area contributed by atoms with Crippen molar-refractivity contribution in [2.75, 3.05) is 26.2 Å². The van der Waals surface area contributed by atoms with Gasteiger partial charge in [-0.05, 0) is 55.2 Å². The first kappa shape index (κ1) is 22.8. The number of benzene rings is 1. The quantitative estimate of drug-likeness (QED) is 0.549. The number of aromatic nitrogens is 2. The van der Waals surface area contributed by atoms with Gasteiger partial charge in [-0.25, -0.2) is 4.98 Å². The van der Waals surface area contributed by atoms with E-state index in [9.17, 15) is 9.59 Å². The lowest BCUT2D eigenvalue weighted by Crippen LogP contribution is -2.50. The molecule has 4 rings (SSSR count). The minimum atomic E-state index is -0.00773. The second-order valence-corrected chi connectivity index (χ2v) is 9.07. The monoisotopic (exact) mass is 448 g/mol. The van der Waals surface area contributed by atoms with Crippen LogP contribution in [0.1, 0.15) is 48.3 Å². The van der Waals surface area contributed by atoms with Crippen molar-refractivity contribution in [3.8, 4) is 5.75 Å². The number of nitrogens with zero attached hydrogens (tertiary/aromatic N) is 4. The molecule has 1 aliphatic rings. The summed E-state index contributed by atoms with van der Waals surface area (Å²) in [4.78, 5) is 33.5. The molecule has 174 valence electrons. The molecule has 0 aliphatic carbocycles. The molecule has 0 bridgehead atoms. The molecule has 0 unspecified atom stereocenters. The molecule has 0 spiro atoms. The van der Waals surface area contributed by atoms with Crippen molar-refractivity contribution in [1.82, 2.24) is 19.2 Å². The van der Waals surface area contributed by atoms with Crippen molar-refractivity contribution in [3.05, 3.63) is 65.6 Å². The highest BCUT2D eigenvalue weighted by molar-refractivity contribution is 5.94. The van der Waals surface area contributed by atoms with E-state index in [2.05, 4.69) is 18.8 Å². The van der Waals surface area contributed by atoms with Gasteiger partial charge in [-0.15, -0.1) is 0 Å². The number of aryl methyl sites for hydroxylation is 1. The van der Waals surface area contributed by atoms with Crippen LogP contribution in [0.2, 0.25) is 0 Å². The maximum Gasteiger partial charge on any atom is 0.253 e. The first-order valence-corrected chi connectivity index (χ1v) is 11.6. The number of fused-ring (bicyclic) bond motifs is 1. The predicted octanol–water partition coefficient (Wildman–Crippen LogP) is 3.94. The third-order valence-electron chi connectivity index (χ3n) is 6.07. The standard InChI is InChI=1S/C26H32N4O3/c1-19(2)6-11-24(31)28-13-15-29(16-14-28)26(32)21-7-9-23(10-8-21)33-18-22-17-30-12-4-5-20(3)25(30)27-22/h4-5,7-10,12,17,19H,6,11,13-16,18H2,1-3H3. The zero-order valence-corrected chi connectivity index (χ0v) is 19.7. The molecular weight excluding hydrogens is 416 g/mol. The molecule has 0 radical (unpaired) electrons. The molecule has 3 aromatic rings. The predicted molar refractivity (Wildman–Crippen MR) is 127 cm³/mol. The molecule has 7 nitrogen and oxygen atoms in total. The van der Waals surface area contributed by atoms with Crippen molar-refractivity contribution >= 4 is 17.5 Å². The average Bonchev–Trinajstić information content (AvgIpc) is 3.26. The third-order valence-corrected chi connectivity index (χ3v) is 6.07. The Hall–Kier alpha value is -3.35. The smallest absolute Gasteiger partial charge is 0.253 e. The Morgan fingerprint density at radius 1 is 1.03 bits per heavy atom. The van der Waals surface area contributed by atoms with Gasteiger partial charge in [0.1, 0.15) is 18.0 Å². The number of hydrogen-bond acceptors (Lipinski definition) is 4. The van der Waals surface area contributed by atoms with E-state index >= 15 is 0 Å². The number of hydrogen-bond donors (Lipinski definition) is 0. The molecule has 1 saturated heterocycles. The molecule has 3 heterocycles. The molecule has 2 aromatic heterocycles.